The van der Waals surface area contributed by atoms with Gasteiger partial charge in [0.15, 0.2) is 0 Å². The van der Waals surface area contributed by atoms with Gasteiger partial charge in [0.2, 0.25) is 0 Å². The number of hydrogen-bond donors (Lipinski definition) is 0. The number of ketones is 1. The predicted octanol–water partition coefficient (Wildman–Crippen LogP) is 5.80. The van der Waals surface area contributed by atoms with Gasteiger partial charge in [0.05, 0.1) is 22.8 Å². The molecule has 0 saturated heterocycles. The summed E-state index contributed by atoms with van der Waals surface area (Å²) in [5, 5.41) is 5.42. The Kier molecular flexibility index (Phi) is 4.53. The van der Waals surface area contributed by atoms with Gasteiger partial charge in [-0.05, 0) is 50.7 Å². The van der Waals surface area contributed by atoms with E-state index in [1.54, 1.807) is 0 Å². The highest BCUT2D eigenvalue weighted by Gasteiger charge is 2.42. The zero-order valence-corrected chi connectivity index (χ0v) is 16.4. The molecule has 1 aromatic heterocycles. The molecular formula is C21H21Cl2NO3. The zero-order chi connectivity index (χ0) is 18.5. The Labute approximate surface area is 168 Å². The van der Waals surface area contributed by atoms with E-state index in [2.05, 4.69) is 5.16 Å². The lowest BCUT2D eigenvalue weighted by Gasteiger charge is -2.26. The largest absolute Gasteiger partial charge is 0.373 e. The molecule has 3 aliphatic rings. The summed E-state index contributed by atoms with van der Waals surface area (Å²) < 4.78 is 12.0. The minimum absolute atomic E-state index is 0.122. The topological polar surface area (TPSA) is 52.3 Å². The summed E-state index contributed by atoms with van der Waals surface area (Å²) in [4.78, 5) is 12.1. The van der Waals surface area contributed by atoms with Gasteiger partial charge < -0.3 is 9.26 Å². The molecule has 0 aliphatic heterocycles. The molecule has 5 rings (SSSR count). The number of carbonyl (C=O) groups is 1. The van der Waals surface area contributed by atoms with Crippen molar-refractivity contribution in [2.75, 3.05) is 0 Å². The molecule has 0 spiro atoms. The molecule has 2 bridgehead atoms. The first-order valence-electron chi connectivity index (χ1n) is 9.70. The van der Waals surface area contributed by atoms with Crippen LogP contribution in [0.1, 0.15) is 55.8 Å². The molecule has 3 atom stereocenters. The van der Waals surface area contributed by atoms with Crippen LogP contribution in [0.2, 0.25) is 10.0 Å². The summed E-state index contributed by atoms with van der Waals surface area (Å²) in [7, 11) is 0. The van der Waals surface area contributed by atoms with Crippen LogP contribution in [-0.2, 0) is 16.1 Å². The van der Waals surface area contributed by atoms with Crippen molar-refractivity contribution in [3.8, 4) is 11.3 Å². The number of ether oxygens (including phenoxy) is 1. The van der Waals surface area contributed by atoms with Gasteiger partial charge in [-0.2, -0.15) is 0 Å². The first-order valence-corrected chi connectivity index (χ1v) is 10.5. The summed E-state index contributed by atoms with van der Waals surface area (Å²) in [5.41, 5.74) is 2.34. The summed E-state index contributed by atoms with van der Waals surface area (Å²) >= 11 is 12.8. The van der Waals surface area contributed by atoms with E-state index in [-0.39, 0.29) is 17.9 Å². The molecule has 4 nitrogen and oxygen atoms in total. The third kappa shape index (κ3) is 3.22. The van der Waals surface area contributed by atoms with Crippen molar-refractivity contribution in [3.63, 3.8) is 0 Å². The standard InChI is InChI=1S/C21H21Cl2NO3/c22-16-2-1-3-17(23)18(16)19-15(21(27-24-19)11-4-5-11)10-26-14-8-12-6-7-13(9-14)20(12)25/h1-3,11-14H,4-10H2/t12-,13+,14+. The van der Waals surface area contributed by atoms with E-state index in [0.717, 1.165) is 49.8 Å². The molecular weight excluding hydrogens is 385 g/mol. The van der Waals surface area contributed by atoms with Crippen molar-refractivity contribution >= 4 is 29.0 Å². The van der Waals surface area contributed by atoms with E-state index in [1.807, 2.05) is 18.2 Å². The van der Waals surface area contributed by atoms with Crippen LogP contribution in [0.4, 0.5) is 0 Å². The molecule has 27 heavy (non-hydrogen) atoms. The third-order valence-electron chi connectivity index (χ3n) is 6.19. The summed E-state index contributed by atoms with van der Waals surface area (Å²) in [6, 6.07) is 5.44. The van der Waals surface area contributed by atoms with Crippen LogP contribution in [0, 0.1) is 11.8 Å². The summed E-state index contributed by atoms with van der Waals surface area (Å²) in [6.45, 7) is 0.421. The molecule has 6 heteroatoms. The second-order valence-corrected chi connectivity index (χ2v) is 8.84. The summed E-state index contributed by atoms with van der Waals surface area (Å²) in [6.07, 6.45) is 6.05. The number of aromatic nitrogens is 1. The molecule has 0 radical (unpaired) electrons. The van der Waals surface area contributed by atoms with E-state index in [0.29, 0.717) is 39.6 Å². The fourth-order valence-corrected chi connectivity index (χ4v) is 5.18. The fraction of sp³-hybridized carbons (Fsp3) is 0.524. The lowest BCUT2D eigenvalue weighted by molar-refractivity contribution is -0.130. The van der Waals surface area contributed by atoms with Crippen molar-refractivity contribution in [1.29, 1.82) is 0 Å². The lowest BCUT2D eigenvalue weighted by Crippen LogP contribution is -2.30. The molecule has 1 heterocycles. The van der Waals surface area contributed by atoms with Gasteiger partial charge in [-0.25, -0.2) is 0 Å². The molecule has 3 saturated carbocycles. The molecule has 0 amide bonds. The molecule has 2 aromatic rings. The fourth-order valence-electron chi connectivity index (χ4n) is 4.60. The van der Waals surface area contributed by atoms with E-state index in [1.165, 1.54) is 0 Å². The van der Waals surface area contributed by atoms with Crippen molar-refractivity contribution in [2.45, 2.75) is 57.2 Å². The highest BCUT2D eigenvalue weighted by atomic mass is 35.5. The number of rotatable bonds is 5. The lowest BCUT2D eigenvalue weighted by atomic mass is 9.86. The molecule has 142 valence electrons. The van der Waals surface area contributed by atoms with Crippen molar-refractivity contribution in [3.05, 3.63) is 39.6 Å². The Morgan fingerprint density at radius 2 is 1.67 bits per heavy atom. The number of hydrogen-bond acceptors (Lipinski definition) is 4. The van der Waals surface area contributed by atoms with E-state index in [9.17, 15) is 4.79 Å². The SMILES string of the molecule is O=C1[C@@H]2CC[C@H]1C[C@@H](OCc1c(-c3c(Cl)cccc3Cl)noc1C1CC1)C2. The number of benzene rings is 1. The Morgan fingerprint density at radius 3 is 2.30 bits per heavy atom. The van der Waals surface area contributed by atoms with Gasteiger partial charge in [-0.3, -0.25) is 4.79 Å². The Morgan fingerprint density at radius 1 is 1.04 bits per heavy atom. The average molecular weight is 406 g/mol. The average Bonchev–Trinajstić information content (AvgIpc) is 3.38. The molecule has 0 unspecified atom stereocenters. The Hall–Kier alpha value is -1.36. The monoisotopic (exact) mass is 405 g/mol. The second kappa shape index (κ2) is 6.91. The first-order chi connectivity index (χ1) is 13.1. The van der Waals surface area contributed by atoms with Gasteiger partial charge >= 0.3 is 0 Å². The van der Waals surface area contributed by atoms with E-state index < -0.39 is 0 Å². The van der Waals surface area contributed by atoms with Crippen molar-refractivity contribution in [1.82, 2.24) is 5.16 Å². The van der Waals surface area contributed by atoms with Gasteiger partial charge in [0, 0.05) is 28.9 Å². The van der Waals surface area contributed by atoms with Crippen molar-refractivity contribution < 1.29 is 14.1 Å². The molecule has 1 aromatic carbocycles. The second-order valence-electron chi connectivity index (χ2n) is 8.02. The van der Waals surface area contributed by atoms with Gasteiger partial charge in [0.25, 0.3) is 0 Å². The van der Waals surface area contributed by atoms with Gasteiger partial charge in [-0.15, -0.1) is 0 Å². The normalized spacial score (nSPS) is 27.3. The maximum atomic E-state index is 12.1. The number of nitrogens with zero attached hydrogens (tertiary/aromatic N) is 1. The van der Waals surface area contributed by atoms with Crippen LogP contribution in [-0.4, -0.2) is 17.0 Å². The molecule has 3 fully saturated rings. The third-order valence-corrected chi connectivity index (χ3v) is 6.82. The van der Waals surface area contributed by atoms with Gasteiger partial charge in [0.1, 0.15) is 17.2 Å². The number of carbonyl (C=O) groups excluding carboxylic acids is 1. The van der Waals surface area contributed by atoms with Crippen LogP contribution in [0.3, 0.4) is 0 Å². The number of halogens is 2. The molecule has 0 N–H and O–H groups in total. The maximum Gasteiger partial charge on any atom is 0.145 e. The van der Waals surface area contributed by atoms with Gasteiger partial charge in [-0.1, -0.05) is 34.4 Å². The van der Waals surface area contributed by atoms with Crippen LogP contribution in [0.5, 0.6) is 0 Å². The Balaban J connectivity index is 1.42. The van der Waals surface area contributed by atoms with Crippen LogP contribution >= 0.6 is 23.2 Å². The maximum absolute atomic E-state index is 12.1. The van der Waals surface area contributed by atoms with Crippen LogP contribution < -0.4 is 0 Å². The smallest absolute Gasteiger partial charge is 0.145 e. The number of fused-ring (bicyclic) bond motifs is 2. The van der Waals surface area contributed by atoms with E-state index >= 15 is 0 Å². The minimum Gasteiger partial charge on any atom is -0.373 e. The Bertz CT molecular complexity index is 853. The van der Waals surface area contributed by atoms with Crippen LogP contribution in [0.15, 0.2) is 22.7 Å². The minimum atomic E-state index is 0.122. The first kappa shape index (κ1) is 17.7. The van der Waals surface area contributed by atoms with Crippen LogP contribution in [0.25, 0.3) is 11.3 Å². The number of Topliss-reactive ketones (excluding diaryl/α,β-unsaturated/α-hetero) is 1. The van der Waals surface area contributed by atoms with Crippen molar-refractivity contribution in [2.24, 2.45) is 11.8 Å². The highest BCUT2D eigenvalue weighted by Crippen LogP contribution is 2.47. The van der Waals surface area contributed by atoms with E-state index in [4.69, 9.17) is 32.5 Å². The predicted molar refractivity (Wildman–Crippen MR) is 103 cm³/mol. The molecule has 3 aliphatic carbocycles. The summed E-state index contributed by atoms with van der Waals surface area (Å²) in [5.74, 6) is 2.14. The zero-order valence-electron chi connectivity index (χ0n) is 14.9. The quantitative estimate of drug-likeness (QED) is 0.630. The highest BCUT2D eigenvalue weighted by molar-refractivity contribution is 6.39.